The molecule has 2 aliphatic heterocycles. The maximum absolute atomic E-state index is 13.9. The van der Waals surface area contributed by atoms with Gasteiger partial charge in [-0.05, 0) is 71.9 Å². The fourth-order valence-corrected chi connectivity index (χ4v) is 6.92. The average molecular weight is 548 g/mol. The molecular weight excluding hydrogens is 502 g/mol. The SMILES string of the molecule is Cc1cccc(C2CN(C3CCCCC3)C(=O)N2C2CCN(C(C)CCNC(=O)c3c(C)ncnc3C)CC2)n1. The molecule has 2 atom stereocenters. The Morgan fingerprint density at radius 1 is 1.00 bits per heavy atom. The Labute approximate surface area is 238 Å². The molecule has 9 nitrogen and oxygen atoms in total. The van der Waals surface area contributed by atoms with Crippen LogP contribution in [0.1, 0.15) is 97.5 Å². The molecule has 3 amide bonds. The number of piperidine rings is 1. The molecule has 5 rings (SSSR count). The van der Waals surface area contributed by atoms with Crippen molar-refractivity contribution in [2.45, 2.75) is 103 Å². The molecule has 40 heavy (non-hydrogen) atoms. The van der Waals surface area contributed by atoms with Gasteiger partial charge in [-0.1, -0.05) is 25.3 Å². The smallest absolute Gasteiger partial charge is 0.321 e. The molecule has 1 saturated carbocycles. The van der Waals surface area contributed by atoms with E-state index in [0.717, 1.165) is 63.1 Å². The highest BCUT2D eigenvalue weighted by Crippen LogP contribution is 2.37. The normalized spacial score (nSPS) is 22.1. The van der Waals surface area contributed by atoms with Crippen molar-refractivity contribution in [2.24, 2.45) is 0 Å². The average Bonchev–Trinajstić information content (AvgIpc) is 3.30. The van der Waals surface area contributed by atoms with Gasteiger partial charge in [0.05, 0.1) is 28.7 Å². The molecule has 2 unspecified atom stereocenters. The third kappa shape index (κ3) is 6.14. The summed E-state index contributed by atoms with van der Waals surface area (Å²) < 4.78 is 0. The number of hydrogen-bond acceptors (Lipinski definition) is 6. The van der Waals surface area contributed by atoms with Crippen LogP contribution in [0.4, 0.5) is 4.79 Å². The first kappa shape index (κ1) is 28.5. The molecule has 2 saturated heterocycles. The van der Waals surface area contributed by atoms with Crippen LogP contribution in [0.2, 0.25) is 0 Å². The summed E-state index contributed by atoms with van der Waals surface area (Å²) >= 11 is 0. The largest absolute Gasteiger partial charge is 0.352 e. The fraction of sp³-hybridized carbons (Fsp3) is 0.645. The van der Waals surface area contributed by atoms with E-state index in [1.165, 1.54) is 25.6 Å². The van der Waals surface area contributed by atoms with Crippen LogP contribution in [0.25, 0.3) is 0 Å². The van der Waals surface area contributed by atoms with Crippen molar-refractivity contribution in [3.63, 3.8) is 0 Å². The van der Waals surface area contributed by atoms with Gasteiger partial charge >= 0.3 is 6.03 Å². The lowest BCUT2D eigenvalue weighted by Gasteiger charge is -2.41. The number of aryl methyl sites for hydroxylation is 3. The Morgan fingerprint density at radius 2 is 1.70 bits per heavy atom. The molecule has 0 spiro atoms. The van der Waals surface area contributed by atoms with Gasteiger partial charge in [-0.2, -0.15) is 0 Å². The van der Waals surface area contributed by atoms with Crippen LogP contribution in [-0.2, 0) is 0 Å². The van der Waals surface area contributed by atoms with E-state index in [1.54, 1.807) is 0 Å². The first-order chi connectivity index (χ1) is 19.3. The Morgan fingerprint density at radius 3 is 2.38 bits per heavy atom. The van der Waals surface area contributed by atoms with Gasteiger partial charge < -0.3 is 20.0 Å². The Kier molecular flexibility index (Phi) is 8.98. The zero-order valence-corrected chi connectivity index (χ0v) is 24.6. The highest BCUT2D eigenvalue weighted by atomic mass is 16.2. The number of carbonyl (C=O) groups excluding carboxylic acids is 2. The molecule has 2 aromatic rings. The van der Waals surface area contributed by atoms with Crippen molar-refractivity contribution in [2.75, 3.05) is 26.2 Å². The van der Waals surface area contributed by atoms with E-state index in [0.29, 0.717) is 35.6 Å². The molecule has 1 aliphatic carbocycles. The van der Waals surface area contributed by atoms with Crippen molar-refractivity contribution in [3.8, 4) is 0 Å². The number of nitrogens with zero attached hydrogens (tertiary/aromatic N) is 6. The second-order valence-corrected chi connectivity index (χ2v) is 11.9. The summed E-state index contributed by atoms with van der Waals surface area (Å²) in [6.45, 7) is 11.2. The van der Waals surface area contributed by atoms with E-state index >= 15 is 0 Å². The van der Waals surface area contributed by atoms with Crippen molar-refractivity contribution in [1.82, 2.24) is 35.0 Å². The van der Waals surface area contributed by atoms with E-state index in [4.69, 9.17) is 4.98 Å². The number of rotatable bonds is 8. The molecule has 216 valence electrons. The maximum atomic E-state index is 13.9. The Balaban J connectivity index is 1.18. The van der Waals surface area contributed by atoms with Crippen LogP contribution < -0.4 is 5.32 Å². The molecule has 0 radical (unpaired) electrons. The molecule has 1 N–H and O–H groups in total. The number of hydrogen-bond donors (Lipinski definition) is 1. The molecule has 3 aliphatic rings. The number of urea groups is 1. The lowest BCUT2D eigenvalue weighted by atomic mass is 9.94. The van der Waals surface area contributed by atoms with Gasteiger partial charge in [-0.25, -0.2) is 14.8 Å². The molecule has 9 heteroatoms. The summed E-state index contributed by atoms with van der Waals surface area (Å²) in [5, 5.41) is 3.06. The second-order valence-electron chi connectivity index (χ2n) is 11.9. The number of amides is 3. The highest BCUT2D eigenvalue weighted by Gasteiger charge is 2.45. The zero-order valence-electron chi connectivity index (χ0n) is 24.6. The Hall–Kier alpha value is -3.07. The molecule has 4 heterocycles. The summed E-state index contributed by atoms with van der Waals surface area (Å²) in [6.07, 6.45) is 10.3. The molecule has 0 bridgehead atoms. The quantitative estimate of drug-likeness (QED) is 0.520. The number of pyridine rings is 1. The third-order valence-corrected chi connectivity index (χ3v) is 9.26. The van der Waals surface area contributed by atoms with Gasteiger partial charge in [0.15, 0.2) is 0 Å². The van der Waals surface area contributed by atoms with E-state index < -0.39 is 0 Å². The van der Waals surface area contributed by atoms with Gasteiger partial charge in [-0.3, -0.25) is 9.78 Å². The number of nitrogens with one attached hydrogen (secondary N) is 1. The summed E-state index contributed by atoms with van der Waals surface area (Å²) in [5.74, 6) is -0.104. The van der Waals surface area contributed by atoms with E-state index in [1.807, 2.05) is 26.8 Å². The van der Waals surface area contributed by atoms with Crippen LogP contribution in [0.5, 0.6) is 0 Å². The lowest BCUT2D eigenvalue weighted by molar-refractivity contribution is 0.0873. The Bertz CT molecular complexity index is 1170. The van der Waals surface area contributed by atoms with E-state index in [-0.39, 0.29) is 24.0 Å². The summed E-state index contributed by atoms with van der Waals surface area (Å²) in [7, 11) is 0. The summed E-state index contributed by atoms with van der Waals surface area (Å²) in [5.41, 5.74) is 4.01. The van der Waals surface area contributed by atoms with Crippen LogP contribution in [-0.4, -0.2) is 85.9 Å². The minimum Gasteiger partial charge on any atom is -0.352 e. The predicted octanol–water partition coefficient (Wildman–Crippen LogP) is 4.58. The topological polar surface area (TPSA) is 94.6 Å². The van der Waals surface area contributed by atoms with Crippen molar-refractivity contribution in [1.29, 1.82) is 0 Å². The van der Waals surface area contributed by atoms with Gasteiger partial charge in [0.2, 0.25) is 0 Å². The highest BCUT2D eigenvalue weighted by molar-refractivity contribution is 5.96. The van der Waals surface area contributed by atoms with Gasteiger partial charge in [0, 0.05) is 50.0 Å². The maximum Gasteiger partial charge on any atom is 0.321 e. The second kappa shape index (κ2) is 12.6. The first-order valence-corrected chi connectivity index (χ1v) is 15.2. The van der Waals surface area contributed by atoms with Crippen molar-refractivity contribution < 1.29 is 9.59 Å². The lowest BCUT2D eigenvalue weighted by Crippen LogP contribution is -2.50. The van der Waals surface area contributed by atoms with Gasteiger partial charge in [-0.15, -0.1) is 0 Å². The molecule has 0 aromatic carbocycles. The molecular formula is C31H45N7O2. The molecule has 2 aromatic heterocycles. The molecule has 3 fully saturated rings. The number of carbonyl (C=O) groups is 2. The van der Waals surface area contributed by atoms with Gasteiger partial charge in [0.1, 0.15) is 6.33 Å². The van der Waals surface area contributed by atoms with E-state index in [2.05, 4.69) is 49.0 Å². The predicted molar refractivity (Wildman–Crippen MR) is 155 cm³/mol. The van der Waals surface area contributed by atoms with Crippen LogP contribution in [0.3, 0.4) is 0 Å². The monoisotopic (exact) mass is 547 g/mol. The standard InChI is InChI=1S/C31H45N7O2/c1-21-9-8-12-27(35-21)28-19-37(25-10-6-5-7-11-25)31(40)38(28)26-14-17-36(18-15-26)22(2)13-16-32-30(39)29-23(3)33-20-34-24(29)4/h8-9,12,20,22,25-26,28H,5-7,10-11,13-19H2,1-4H3,(H,32,39). The van der Waals surface area contributed by atoms with Crippen molar-refractivity contribution >= 4 is 11.9 Å². The summed E-state index contributed by atoms with van der Waals surface area (Å²) in [6, 6.07) is 7.36. The third-order valence-electron chi connectivity index (χ3n) is 9.26. The van der Waals surface area contributed by atoms with E-state index in [9.17, 15) is 9.59 Å². The van der Waals surface area contributed by atoms with Crippen LogP contribution >= 0.6 is 0 Å². The van der Waals surface area contributed by atoms with Crippen LogP contribution in [0, 0.1) is 20.8 Å². The van der Waals surface area contributed by atoms with Crippen molar-refractivity contribution in [3.05, 3.63) is 52.9 Å². The zero-order chi connectivity index (χ0) is 28.2. The number of aromatic nitrogens is 3. The number of likely N-dealkylation sites (tertiary alicyclic amines) is 1. The fourth-order valence-electron chi connectivity index (χ4n) is 6.92. The summed E-state index contributed by atoms with van der Waals surface area (Å²) in [4.78, 5) is 46.7. The van der Waals surface area contributed by atoms with Gasteiger partial charge in [0.25, 0.3) is 5.91 Å². The first-order valence-electron chi connectivity index (χ1n) is 15.2. The minimum atomic E-state index is -0.104. The minimum absolute atomic E-state index is 0.0207. The van der Waals surface area contributed by atoms with Crippen LogP contribution in [0.15, 0.2) is 24.5 Å².